The van der Waals surface area contributed by atoms with E-state index in [9.17, 15) is 9.90 Å². The summed E-state index contributed by atoms with van der Waals surface area (Å²) in [6.07, 6.45) is 3.79. The number of aromatic carboxylic acids is 1. The predicted molar refractivity (Wildman–Crippen MR) is 115 cm³/mol. The summed E-state index contributed by atoms with van der Waals surface area (Å²) < 4.78 is 0. The van der Waals surface area contributed by atoms with Gasteiger partial charge in [0.25, 0.3) is 0 Å². The maximum atomic E-state index is 11.6. The van der Waals surface area contributed by atoms with Crippen LogP contribution in [-0.4, -0.2) is 47.2 Å². The van der Waals surface area contributed by atoms with Crippen molar-refractivity contribution < 1.29 is 9.90 Å². The van der Waals surface area contributed by atoms with Gasteiger partial charge in [0.15, 0.2) is 0 Å². The molecule has 2 aliphatic rings. The van der Waals surface area contributed by atoms with Gasteiger partial charge in [-0.25, -0.2) is 14.8 Å². The third-order valence-corrected chi connectivity index (χ3v) is 7.82. The van der Waals surface area contributed by atoms with Gasteiger partial charge in [0.1, 0.15) is 21.9 Å². The number of carbonyl (C=O) groups is 1. The average molecular weight is 409 g/mol. The number of hydrogen-bond donors (Lipinski definition) is 2. The van der Waals surface area contributed by atoms with Gasteiger partial charge >= 0.3 is 5.97 Å². The van der Waals surface area contributed by atoms with E-state index in [0.717, 1.165) is 60.6 Å². The zero-order chi connectivity index (χ0) is 20.0. The van der Waals surface area contributed by atoms with Crippen LogP contribution in [0, 0.1) is 18.3 Å². The van der Waals surface area contributed by atoms with Crippen LogP contribution in [0.1, 0.15) is 27.2 Å². The number of aromatic nitrogens is 2. The number of nitrogens with one attached hydrogen (secondary N) is 1. The van der Waals surface area contributed by atoms with Crippen LogP contribution in [0.3, 0.4) is 0 Å². The molecule has 7 heteroatoms. The van der Waals surface area contributed by atoms with Gasteiger partial charge < -0.3 is 15.3 Å². The summed E-state index contributed by atoms with van der Waals surface area (Å²) in [5, 5.41) is 14.0. The summed E-state index contributed by atoms with van der Waals surface area (Å²) in [6, 6.07) is 10.7. The SMILES string of the molecule is Cc1c(C(=O)O)sc2ncnc(N3CC4CNCC4(CCc4ccccc4)C3)c12. The second-order valence-corrected chi connectivity index (χ2v) is 9.29. The number of benzene rings is 1. The fraction of sp³-hybridized carbons (Fsp3) is 0.409. The fourth-order valence-corrected chi connectivity index (χ4v) is 6.06. The van der Waals surface area contributed by atoms with Gasteiger partial charge in [-0.15, -0.1) is 11.3 Å². The molecule has 29 heavy (non-hydrogen) atoms. The highest BCUT2D eigenvalue weighted by Crippen LogP contribution is 2.45. The third kappa shape index (κ3) is 3.09. The van der Waals surface area contributed by atoms with E-state index >= 15 is 0 Å². The number of fused-ring (bicyclic) bond motifs is 2. The molecule has 2 fully saturated rings. The van der Waals surface area contributed by atoms with Crippen molar-refractivity contribution in [3.05, 3.63) is 52.7 Å². The Morgan fingerprint density at radius 2 is 2.17 bits per heavy atom. The van der Waals surface area contributed by atoms with Crippen molar-refractivity contribution in [1.29, 1.82) is 0 Å². The van der Waals surface area contributed by atoms with Gasteiger partial charge in [-0.2, -0.15) is 0 Å². The van der Waals surface area contributed by atoms with Crippen LogP contribution in [0.15, 0.2) is 36.7 Å². The van der Waals surface area contributed by atoms with Crippen LogP contribution in [0.25, 0.3) is 10.2 Å². The number of hydrogen-bond acceptors (Lipinski definition) is 6. The van der Waals surface area contributed by atoms with Crippen molar-refractivity contribution in [3.8, 4) is 0 Å². The van der Waals surface area contributed by atoms with Crippen LogP contribution in [0.4, 0.5) is 5.82 Å². The summed E-state index contributed by atoms with van der Waals surface area (Å²) in [5.74, 6) is 0.581. The summed E-state index contributed by atoms with van der Waals surface area (Å²) in [6.45, 7) is 5.83. The van der Waals surface area contributed by atoms with Crippen LogP contribution in [0.5, 0.6) is 0 Å². The lowest BCUT2D eigenvalue weighted by Gasteiger charge is -2.28. The number of nitrogens with zero attached hydrogens (tertiary/aromatic N) is 3. The van der Waals surface area contributed by atoms with E-state index < -0.39 is 5.97 Å². The summed E-state index contributed by atoms with van der Waals surface area (Å²) in [4.78, 5) is 24.0. The standard InChI is InChI=1S/C22H24N4O2S/c1-14-17-19(24-13-25-20(17)29-18(14)21(27)28)26-10-16-9-23-11-22(16,12-26)8-7-15-5-3-2-4-6-15/h2-6,13,16,23H,7-12H2,1H3,(H,27,28). The van der Waals surface area contributed by atoms with Crippen LogP contribution in [0.2, 0.25) is 0 Å². The Hall–Kier alpha value is -2.51. The molecule has 2 saturated heterocycles. The van der Waals surface area contributed by atoms with E-state index in [1.807, 2.05) is 6.92 Å². The first kappa shape index (κ1) is 18.5. The highest BCUT2D eigenvalue weighted by Gasteiger charge is 2.49. The lowest BCUT2D eigenvalue weighted by atomic mass is 9.76. The predicted octanol–water partition coefficient (Wildman–Crippen LogP) is 3.36. The molecule has 6 nitrogen and oxygen atoms in total. The van der Waals surface area contributed by atoms with Crippen molar-refractivity contribution in [2.24, 2.45) is 11.3 Å². The lowest BCUT2D eigenvalue weighted by molar-refractivity contribution is 0.0701. The Morgan fingerprint density at radius 3 is 2.97 bits per heavy atom. The molecule has 0 saturated carbocycles. The highest BCUT2D eigenvalue weighted by atomic mass is 32.1. The minimum atomic E-state index is -0.890. The Morgan fingerprint density at radius 1 is 1.34 bits per heavy atom. The Labute approximate surface area is 173 Å². The molecule has 0 amide bonds. The molecule has 0 radical (unpaired) electrons. The number of thiophene rings is 1. The van der Waals surface area contributed by atoms with Crippen LogP contribution < -0.4 is 10.2 Å². The second kappa shape index (κ2) is 7.07. The van der Waals surface area contributed by atoms with Crippen molar-refractivity contribution in [1.82, 2.24) is 15.3 Å². The first-order valence-corrected chi connectivity index (χ1v) is 10.9. The van der Waals surface area contributed by atoms with E-state index in [0.29, 0.717) is 10.8 Å². The van der Waals surface area contributed by atoms with E-state index in [4.69, 9.17) is 0 Å². The maximum Gasteiger partial charge on any atom is 0.346 e. The lowest BCUT2D eigenvalue weighted by Crippen LogP contribution is -2.33. The van der Waals surface area contributed by atoms with E-state index in [-0.39, 0.29) is 5.41 Å². The molecule has 2 aromatic heterocycles. The van der Waals surface area contributed by atoms with Gasteiger partial charge in [-0.1, -0.05) is 30.3 Å². The molecule has 4 heterocycles. The minimum Gasteiger partial charge on any atom is -0.477 e. The number of aryl methyl sites for hydroxylation is 2. The zero-order valence-corrected chi connectivity index (χ0v) is 17.2. The summed E-state index contributed by atoms with van der Waals surface area (Å²) >= 11 is 1.24. The Bertz CT molecular complexity index is 1070. The van der Waals surface area contributed by atoms with Crippen LogP contribution in [-0.2, 0) is 6.42 Å². The van der Waals surface area contributed by atoms with E-state index in [2.05, 4.69) is 50.5 Å². The number of anilines is 1. The normalized spacial score (nSPS) is 23.6. The van der Waals surface area contributed by atoms with Gasteiger partial charge in [0, 0.05) is 31.6 Å². The average Bonchev–Trinajstić information content (AvgIpc) is 3.38. The third-order valence-electron chi connectivity index (χ3n) is 6.64. The van der Waals surface area contributed by atoms with Gasteiger partial charge in [0.2, 0.25) is 0 Å². The molecule has 0 spiro atoms. The van der Waals surface area contributed by atoms with Crippen molar-refractivity contribution in [2.45, 2.75) is 19.8 Å². The fourth-order valence-electron chi connectivity index (χ4n) is 5.08. The summed E-state index contributed by atoms with van der Waals surface area (Å²) in [7, 11) is 0. The maximum absolute atomic E-state index is 11.6. The molecule has 2 aliphatic heterocycles. The molecule has 2 atom stereocenters. The Kier molecular flexibility index (Phi) is 4.52. The van der Waals surface area contributed by atoms with Gasteiger partial charge in [0.05, 0.1) is 5.39 Å². The zero-order valence-electron chi connectivity index (χ0n) is 16.4. The molecule has 5 rings (SSSR count). The molecule has 2 N–H and O–H groups in total. The first-order valence-electron chi connectivity index (χ1n) is 10.0. The first-order chi connectivity index (χ1) is 14.1. The number of carboxylic acids is 1. The monoisotopic (exact) mass is 408 g/mol. The number of rotatable bonds is 5. The summed E-state index contributed by atoms with van der Waals surface area (Å²) in [5.41, 5.74) is 2.39. The number of carboxylic acid groups (broad SMARTS) is 1. The molecule has 0 bridgehead atoms. The van der Waals surface area contributed by atoms with Gasteiger partial charge in [-0.05, 0) is 36.8 Å². The molecular weight excluding hydrogens is 384 g/mol. The van der Waals surface area contributed by atoms with Crippen LogP contribution >= 0.6 is 11.3 Å². The minimum absolute atomic E-state index is 0.229. The topological polar surface area (TPSA) is 78.3 Å². The largest absolute Gasteiger partial charge is 0.477 e. The Balaban J connectivity index is 1.46. The van der Waals surface area contributed by atoms with Crippen molar-refractivity contribution in [3.63, 3.8) is 0 Å². The highest BCUT2D eigenvalue weighted by molar-refractivity contribution is 7.20. The molecule has 3 aromatic rings. The van der Waals surface area contributed by atoms with Crippen molar-refractivity contribution in [2.75, 3.05) is 31.1 Å². The smallest absolute Gasteiger partial charge is 0.346 e. The van der Waals surface area contributed by atoms with E-state index in [1.165, 1.54) is 16.9 Å². The molecule has 1 aromatic carbocycles. The quantitative estimate of drug-likeness (QED) is 0.674. The van der Waals surface area contributed by atoms with Crippen molar-refractivity contribution >= 4 is 33.3 Å². The van der Waals surface area contributed by atoms with Gasteiger partial charge in [-0.3, -0.25) is 0 Å². The van der Waals surface area contributed by atoms with E-state index in [1.54, 1.807) is 6.33 Å². The molecule has 2 unspecified atom stereocenters. The molecule has 150 valence electrons. The second-order valence-electron chi connectivity index (χ2n) is 8.30. The molecule has 0 aliphatic carbocycles. The molecular formula is C22H24N4O2S.